The standard InChI is InChI=1S/C14H19N3O/c1-2-17(10-6-9-15)14(18)13(16)11-12-7-4-3-5-8-12/h3-5,7-8,13H,2,6,10-11,16H2,1H3/t13-/m0/s1. The van der Waals surface area contributed by atoms with Gasteiger partial charge >= 0.3 is 0 Å². The second kappa shape index (κ2) is 7.46. The molecule has 1 aromatic rings. The first kappa shape index (κ1) is 14.2. The van der Waals surface area contributed by atoms with Crippen LogP contribution in [0.15, 0.2) is 30.3 Å². The lowest BCUT2D eigenvalue weighted by Gasteiger charge is -2.23. The van der Waals surface area contributed by atoms with E-state index in [9.17, 15) is 4.79 Å². The molecule has 0 saturated carbocycles. The molecular formula is C14H19N3O. The second-order valence-corrected chi connectivity index (χ2v) is 4.12. The second-order valence-electron chi connectivity index (χ2n) is 4.12. The fourth-order valence-corrected chi connectivity index (χ4v) is 1.80. The van der Waals surface area contributed by atoms with Gasteiger partial charge in [-0.15, -0.1) is 0 Å². The maximum absolute atomic E-state index is 12.1. The van der Waals surface area contributed by atoms with Gasteiger partial charge in [0.2, 0.25) is 5.91 Å². The Balaban J connectivity index is 2.57. The van der Waals surface area contributed by atoms with Crippen LogP contribution in [-0.2, 0) is 11.2 Å². The van der Waals surface area contributed by atoms with Crippen LogP contribution in [0.4, 0.5) is 0 Å². The highest BCUT2D eigenvalue weighted by molar-refractivity contribution is 5.82. The molecule has 0 heterocycles. The van der Waals surface area contributed by atoms with Gasteiger partial charge < -0.3 is 10.6 Å². The van der Waals surface area contributed by atoms with Crippen molar-refractivity contribution in [3.8, 4) is 6.07 Å². The molecule has 0 aliphatic rings. The summed E-state index contributed by atoms with van der Waals surface area (Å²) in [7, 11) is 0. The number of carbonyl (C=O) groups excluding carboxylic acids is 1. The van der Waals surface area contributed by atoms with Crippen LogP contribution in [-0.4, -0.2) is 29.9 Å². The molecule has 4 nitrogen and oxygen atoms in total. The lowest BCUT2D eigenvalue weighted by Crippen LogP contribution is -2.45. The van der Waals surface area contributed by atoms with Gasteiger partial charge in [0.15, 0.2) is 0 Å². The van der Waals surface area contributed by atoms with E-state index < -0.39 is 6.04 Å². The summed E-state index contributed by atoms with van der Waals surface area (Å²) in [5.41, 5.74) is 6.97. The van der Waals surface area contributed by atoms with Gasteiger partial charge in [-0.05, 0) is 18.9 Å². The normalized spacial score (nSPS) is 11.6. The van der Waals surface area contributed by atoms with Crippen LogP contribution in [0.5, 0.6) is 0 Å². The third-order valence-electron chi connectivity index (χ3n) is 2.80. The zero-order valence-corrected chi connectivity index (χ0v) is 10.7. The Bertz CT molecular complexity index is 411. The minimum Gasteiger partial charge on any atom is -0.341 e. The topological polar surface area (TPSA) is 70.1 Å². The molecule has 0 fully saturated rings. The number of rotatable bonds is 6. The van der Waals surface area contributed by atoms with Crippen molar-refractivity contribution < 1.29 is 4.79 Å². The van der Waals surface area contributed by atoms with Gasteiger partial charge in [0.1, 0.15) is 0 Å². The number of likely N-dealkylation sites (N-methyl/N-ethyl adjacent to an activating group) is 1. The summed E-state index contributed by atoms with van der Waals surface area (Å²) in [6.45, 7) is 2.93. The van der Waals surface area contributed by atoms with Gasteiger partial charge in [-0.1, -0.05) is 30.3 Å². The number of carbonyl (C=O) groups is 1. The van der Waals surface area contributed by atoms with Crippen molar-refractivity contribution in [3.05, 3.63) is 35.9 Å². The highest BCUT2D eigenvalue weighted by Gasteiger charge is 2.19. The van der Waals surface area contributed by atoms with E-state index in [0.717, 1.165) is 5.56 Å². The summed E-state index contributed by atoms with van der Waals surface area (Å²) >= 11 is 0. The summed E-state index contributed by atoms with van der Waals surface area (Å²) in [5, 5.41) is 8.55. The Labute approximate surface area is 108 Å². The molecule has 2 N–H and O–H groups in total. The fourth-order valence-electron chi connectivity index (χ4n) is 1.80. The molecule has 4 heteroatoms. The van der Waals surface area contributed by atoms with E-state index >= 15 is 0 Å². The van der Waals surface area contributed by atoms with E-state index in [-0.39, 0.29) is 5.91 Å². The highest BCUT2D eigenvalue weighted by atomic mass is 16.2. The van der Waals surface area contributed by atoms with Gasteiger partial charge in [-0.2, -0.15) is 5.26 Å². The van der Waals surface area contributed by atoms with E-state index in [4.69, 9.17) is 11.0 Å². The van der Waals surface area contributed by atoms with E-state index in [1.807, 2.05) is 43.3 Å². The predicted octanol–water partition coefficient (Wildman–Crippen LogP) is 1.32. The Morgan fingerprint density at radius 3 is 2.67 bits per heavy atom. The van der Waals surface area contributed by atoms with E-state index in [1.54, 1.807) is 4.90 Å². The van der Waals surface area contributed by atoms with Crippen LogP contribution in [0.25, 0.3) is 0 Å². The van der Waals surface area contributed by atoms with Gasteiger partial charge in [0.05, 0.1) is 18.5 Å². The molecule has 1 rings (SSSR count). The van der Waals surface area contributed by atoms with Crippen molar-refractivity contribution in [2.75, 3.05) is 13.1 Å². The largest absolute Gasteiger partial charge is 0.341 e. The fraction of sp³-hybridized carbons (Fsp3) is 0.429. The molecule has 0 saturated heterocycles. The van der Waals surface area contributed by atoms with Gasteiger partial charge in [-0.3, -0.25) is 4.79 Å². The molecule has 0 aromatic heterocycles. The number of benzene rings is 1. The number of nitriles is 1. The maximum atomic E-state index is 12.1. The minimum atomic E-state index is -0.536. The van der Waals surface area contributed by atoms with Crippen LogP contribution in [0.1, 0.15) is 18.9 Å². The van der Waals surface area contributed by atoms with Gasteiger partial charge in [-0.25, -0.2) is 0 Å². The molecule has 1 aromatic carbocycles. The molecule has 18 heavy (non-hydrogen) atoms. The Kier molecular flexibility index (Phi) is 5.89. The molecule has 1 amide bonds. The van der Waals surface area contributed by atoms with Crippen molar-refractivity contribution in [2.45, 2.75) is 25.8 Å². The average molecular weight is 245 g/mol. The lowest BCUT2D eigenvalue weighted by atomic mass is 10.1. The van der Waals surface area contributed by atoms with Crippen LogP contribution in [0.2, 0.25) is 0 Å². The van der Waals surface area contributed by atoms with Gasteiger partial charge in [0, 0.05) is 13.1 Å². The van der Waals surface area contributed by atoms with Crippen molar-refractivity contribution in [1.82, 2.24) is 4.90 Å². The van der Waals surface area contributed by atoms with Crippen molar-refractivity contribution >= 4 is 5.91 Å². The van der Waals surface area contributed by atoms with Crippen LogP contribution < -0.4 is 5.73 Å². The average Bonchev–Trinajstić information content (AvgIpc) is 2.40. The van der Waals surface area contributed by atoms with Crippen molar-refractivity contribution in [3.63, 3.8) is 0 Å². The molecule has 0 radical (unpaired) electrons. The smallest absolute Gasteiger partial charge is 0.239 e. The minimum absolute atomic E-state index is 0.0865. The first-order chi connectivity index (χ1) is 8.69. The van der Waals surface area contributed by atoms with Crippen LogP contribution >= 0.6 is 0 Å². The van der Waals surface area contributed by atoms with E-state index in [1.165, 1.54) is 0 Å². The van der Waals surface area contributed by atoms with Gasteiger partial charge in [0.25, 0.3) is 0 Å². The number of nitrogens with zero attached hydrogens (tertiary/aromatic N) is 2. The quantitative estimate of drug-likeness (QED) is 0.821. The summed E-state index contributed by atoms with van der Waals surface area (Å²) < 4.78 is 0. The van der Waals surface area contributed by atoms with Crippen molar-refractivity contribution in [2.24, 2.45) is 5.73 Å². The summed E-state index contributed by atoms with van der Waals surface area (Å²) in [4.78, 5) is 13.7. The van der Waals surface area contributed by atoms with Crippen LogP contribution in [0.3, 0.4) is 0 Å². The number of amides is 1. The van der Waals surface area contributed by atoms with E-state index in [0.29, 0.717) is 25.9 Å². The van der Waals surface area contributed by atoms with Crippen molar-refractivity contribution in [1.29, 1.82) is 5.26 Å². The number of nitrogens with two attached hydrogens (primary N) is 1. The molecule has 96 valence electrons. The highest BCUT2D eigenvalue weighted by Crippen LogP contribution is 2.04. The Morgan fingerprint density at radius 2 is 2.11 bits per heavy atom. The zero-order valence-electron chi connectivity index (χ0n) is 10.7. The Hall–Kier alpha value is -1.86. The first-order valence-electron chi connectivity index (χ1n) is 6.14. The molecular weight excluding hydrogens is 226 g/mol. The number of hydrogen-bond acceptors (Lipinski definition) is 3. The third-order valence-corrected chi connectivity index (χ3v) is 2.80. The molecule has 0 aliphatic heterocycles. The number of hydrogen-bond donors (Lipinski definition) is 1. The SMILES string of the molecule is CCN(CCC#N)C(=O)[C@@H](N)Cc1ccccc1. The zero-order chi connectivity index (χ0) is 13.4. The summed E-state index contributed by atoms with van der Waals surface area (Å²) in [5.74, 6) is -0.0865. The monoisotopic (exact) mass is 245 g/mol. The third kappa shape index (κ3) is 4.19. The summed E-state index contributed by atoms with van der Waals surface area (Å²) in [6.07, 6.45) is 0.875. The molecule has 1 atom stereocenters. The predicted molar refractivity (Wildman–Crippen MR) is 70.6 cm³/mol. The van der Waals surface area contributed by atoms with Crippen LogP contribution in [0, 0.1) is 11.3 Å². The van der Waals surface area contributed by atoms with E-state index in [2.05, 4.69) is 0 Å². The molecule has 0 bridgehead atoms. The molecule has 0 unspecified atom stereocenters. The summed E-state index contributed by atoms with van der Waals surface area (Å²) in [6, 6.07) is 11.2. The Morgan fingerprint density at radius 1 is 1.44 bits per heavy atom. The molecule has 0 aliphatic carbocycles. The lowest BCUT2D eigenvalue weighted by molar-refractivity contribution is -0.132. The molecule has 0 spiro atoms. The maximum Gasteiger partial charge on any atom is 0.239 e. The first-order valence-corrected chi connectivity index (χ1v) is 6.14.